The number of rotatable bonds is 10. The second-order valence-electron chi connectivity index (χ2n) is 6.65. The van der Waals surface area contributed by atoms with Gasteiger partial charge in [0.05, 0.1) is 12.8 Å². The standard InChI is InChI=1S/C22H30N4O2/c1-2-23-22(24-11-7-14-27-18-21-10-6-15-28-21)25-17-19-8-5-9-20(16-19)26-12-3-4-13-26/h3-6,8-10,15-16H,2,7,11-14,17-18H2,1H3,(H2,23,24,25). The molecule has 1 aromatic carbocycles. The van der Waals surface area contributed by atoms with Crippen LogP contribution < -0.4 is 15.5 Å². The molecule has 2 N–H and O–H groups in total. The Balaban J connectivity index is 1.41. The summed E-state index contributed by atoms with van der Waals surface area (Å²) in [6.45, 7) is 7.54. The SMILES string of the molecule is CCNC(=NCc1cccc(N2CC=CC2)c1)NCCCOCc1ccco1. The smallest absolute Gasteiger partial charge is 0.191 e. The number of nitrogens with one attached hydrogen (secondary N) is 2. The van der Waals surface area contributed by atoms with Crippen molar-refractivity contribution < 1.29 is 9.15 Å². The van der Waals surface area contributed by atoms with Crippen LogP contribution in [-0.4, -0.2) is 38.7 Å². The molecule has 3 rings (SSSR count). The van der Waals surface area contributed by atoms with Gasteiger partial charge in [0.25, 0.3) is 0 Å². The number of hydrogen-bond acceptors (Lipinski definition) is 4. The predicted molar refractivity (Wildman–Crippen MR) is 114 cm³/mol. The maximum Gasteiger partial charge on any atom is 0.191 e. The molecule has 6 heteroatoms. The molecule has 0 fully saturated rings. The van der Waals surface area contributed by atoms with Crippen LogP contribution >= 0.6 is 0 Å². The van der Waals surface area contributed by atoms with E-state index in [1.54, 1.807) is 6.26 Å². The zero-order chi connectivity index (χ0) is 19.4. The van der Waals surface area contributed by atoms with Gasteiger partial charge in [-0.25, -0.2) is 4.99 Å². The molecule has 6 nitrogen and oxygen atoms in total. The van der Waals surface area contributed by atoms with E-state index in [1.807, 2.05) is 12.1 Å². The van der Waals surface area contributed by atoms with E-state index in [9.17, 15) is 0 Å². The summed E-state index contributed by atoms with van der Waals surface area (Å²) in [4.78, 5) is 7.06. The first kappa shape index (κ1) is 20.0. The molecule has 0 unspecified atom stereocenters. The highest BCUT2D eigenvalue weighted by atomic mass is 16.5. The van der Waals surface area contributed by atoms with Gasteiger partial charge in [0.1, 0.15) is 12.4 Å². The Morgan fingerprint density at radius 1 is 1.18 bits per heavy atom. The van der Waals surface area contributed by atoms with Gasteiger partial charge in [-0.2, -0.15) is 0 Å². The lowest BCUT2D eigenvalue weighted by Gasteiger charge is -2.18. The highest BCUT2D eigenvalue weighted by Gasteiger charge is 2.07. The third kappa shape index (κ3) is 6.46. The molecule has 0 bridgehead atoms. The van der Waals surface area contributed by atoms with Gasteiger partial charge in [0.15, 0.2) is 5.96 Å². The largest absolute Gasteiger partial charge is 0.467 e. The van der Waals surface area contributed by atoms with Gasteiger partial charge in [-0.05, 0) is 43.2 Å². The van der Waals surface area contributed by atoms with E-state index in [0.29, 0.717) is 19.8 Å². The van der Waals surface area contributed by atoms with Crippen LogP contribution in [0.2, 0.25) is 0 Å². The molecule has 2 heterocycles. The monoisotopic (exact) mass is 382 g/mol. The number of nitrogens with zero attached hydrogens (tertiary/aromatic N) is 2. The fourth-order valence-corrected chi connectivity index (χ4v) is 3.00. The maximum absolute atomic E-state index is 5.61. The van der Waals surface area contributed by atoms with Crippen LogP contribution in [-0.2, 0) is 17.9 Å². The Morgan fingerprint density at radius 2 is 2.07 bits per heavy atom. The lowest BCUT2D eigenvalue weighted by atomic mass is 10.2. The van der Waals surface area contributed by atoms with Crippen LogP contribution in [0.3, 0.4) is 0 Å². The van der Waals surface area contributed by atoms with E-state index in [4.69, 9.17) is 14.1 Å². The van der Waals surface area contributed by atoms with E-state index in [1.165, 1.54) is 11.3 Å². The Bertz CT molecular complexity index is 748. The van der Waals surface area contributed by atoms with Crippen LogP contribution in [0.15, 0.2) is 64.2 Å². The van der Waals surface area contributed by atoms with Crippen LogP contribution in [0.25, 0.3) is 0 Å². The molecular formula is C22H30N4O2. The highest BCUT2D eigenvalue weighted by Crippen LogP contribution is 2.18. The summed E-state index contributed by atoms with van der Waals surface area (Å²) in [5.74, 6) is 1.69. The van der Waals surface area contributed by atoms with Crippen LogP contribution in [0, 0.1) is 0 Å². The van der Waals surface area contributed by atoms with Crippen molar-refractivity contribution in [1.29, 1.82) is 0 Å². The Labute approximate surface area is 167 Å². The highest BCUT2D eigenvalue weighted by molar-refractivity contribution is 5.79. The zero-order valence-corrected chi connectivity index (χ0v) is 16.6. The molecule has 28 heavy (non-hydrogen) atoms. The average Bonchev–Trinajstić information content (AvgIpc) is 3.43. The summed E-state index contributed by atoms with van der Waals surface area (Å²) in [6, 6.07) is 12.4. The van der Waals surface area contributed by atoms with Gasteiger partial charge in [-0.15, -0.1) is 0 Å². The van der Waals surface area contributed by atoms with Crippen molar-refractivity contribution >= 4 is 11.6 Å². The number of benzene rings is 1. The van der Waals surface area contributed by atoms with Crippen LogP contribution in [0.5, 0.6) is 0 Å². The molecule has 150 valence electrons. The molecule has 0 radical (unpaired) electrons. The van der Waals surface area contributed by atoms with Crippen molar-refractivity contribution in [2.75, 3.05) is 37.7 Å². The fraction of sp³-hybridized carbons (Fsp3) is 0.409. The van der Waals surface area contributed by atoms with Gasteiger partial charge in [0, 0.05) is 38.5 Å². The molecule has 1 aliphatic heterocycles. The normalized spacial score (nSPS) is 13.9. The maximum atomic E-state index is 5.61. The van der Waals surface area contributed by atoms with Crippen molar-refractivity contribution in [3.63, 3.8) is 0 Å². The third-order valence-electron chi connectivity index (χ3n) is 4.44. The summed E-state index contributed by atoms with van der Waals surface area (Å²) in [5, 5.41) is 6.67. The van der Waals surface area contributed by atoms with Gasteiger partial charge in [-0.1, -0.05) is 24.3 Å². The topological polar surface area (TPSA) is 62.0 Å². The number of aliphatic imine (C=N–C) groups is 1. The van der Waals surface area contributed by atoms with Gasteiger partial charge in [-0.3, -0.25) is 0 Å². The summed E-state index contributed by atoms with van der Waals surface area (Å²) >= 11 is 0. The predicted octanol–water partition coefficient (Wildman–Crippen LogP) is 3.32. The molecule has 0 aliphatic carbocycles. The first-order valence-corrected chi connectivity index (χ1v) is 9.96. The van der Waals surface area contributed by atoms with Crippen molar-refractivity contribution in [1.82, 2.24) is 10.6 Å². The second-order valence-corrected chi connectivity index (χ2v) is 6.65. The molecule has 0 spiro atoms. The lowest BCUT2D eigenvalue weighted by Crippen LogP contribution is -2.38. The van der Waals surface area contributed by atoms with Gasteiger partial charge >= 0.3 is 0 Å². The third-order valence-corrected chi connectivity index (χ3v) is 4.44. The second kappa shape index (κ2) is 11.2. The van der Waals surface area contributed by atoms with E-state index in [-0.39, 0.29) is 0 Å². The minimum absolute atomic E-state index is 0.518. The van der Waals surface area contributed by atoms with E-state index in [0.717, 1.165) is 44.3 Å². The number of ether oxygens (including phenoxy) is 1. The summed E-state index contributed by atoms with van der Waals surface area (Å²) in [6.07, 6.45) is 6.98. The molecule has 2 aromatic rings. The average molecular weight is 383 g/mol. The van der Waals surface area contributed by atoms with Gasteiger partial charge in [0.2, 0.25) is 0 Å². The van der Waals surface area contributed by atoms with Crippen molar-refractivity contribution in [2.24, 2.45) is 4.99 Å². The minimum atomic E-state index is 0.518. The van der Waals surface area contributed by atoms with Crippen molar-refractivity contribution in [2.45, 2.75) is 26.5 Å². The van der Waals surface area contributed by atoms with E-state index >= 15 is 0 Å². The molecule has 0 saturated carbocycles. The molecule has 0 amide bonds. The number of hydrogen-bond donors (Lipinski definition) is 2. The lowest BCUT2D eigenvalue weighted by molar-refractivity contribution is 0.105. The van der Waals surface area contributed by atoms with Gasteiger partial charge < -0.3 is 24.7 Å². The quantitative estimate of drug-likeness (QED) is 0.286. The van der Waals surface area contributed by atoms with Crippen molar-refractivity contribution in [3.8, 4) is 0 Å². The van der Waals surface area contributed by atoms with Crippen LogP contribution in [0.4, 0.5) is 5.69 Å². The van der Waals surface area contributed by atoms with Crippen molar-refractivity contribution in [3.05, 3.63) is 66.1 Å². The molecule has 1 aliphatic rings. The summed E-state index contributed by atoms with van der Waals surface area (Å²) in [7, 11) is 0. The number of anilines is 1. The molecular weight excluding hydrogens is 352 g/mol. The van der Waals surface area contributed by atoms with E-state index < -0.39 is 0 Å². The summed E-state index contributed by atoms with van der Waals surface area (Å²) in [5.41, 5.74) is 2.47. The Morgan fingerprint density at radius 3 is 2.86 bits per heavy atom. The fourth-order valence-electron chi connectivity index (χ4n) is 3.00. The Kier molecular flexibility index (Phi) is 8.00. The Hall–Kier alpha value is -2.73. The first-order chi connectivity index (χ1) is 13.8. The molecule has 0 saturated heterocycles. The first-order valence-electron chi connectivity index (χ1n) is 9.96. The van der Waals surface area contributed by atoms with E-state index in [2.05, 4.69) is 58.9 Å². The van der Waals surface area contributed by atoms with Crippen LogP contribution in [0.1, 0.15) is 24.7 Å². The number of furan rings is 1. The number of guanidine groups is 1. The molecule has 1 aromatic heterocycles. The minimum Gasteiger partial charge on any atom is -0.467 e. The summed E-state index contributed by atoms with van der Waals surface area (Å²) < 4.78 is 10.9. The zero-order valence-electron chi connectivity index (χ0n) is 16.6. The molecule has 0 atom stereocenters.